The predicted molar refractivity (Wildman–Crippen MR) is 99.5 cm³/mol. The number of anilines is 1. The minimum absolute atomic E-state index is 0.0423. The van der Waals surface area contributed by atoms with Gasteiger partial charge in [-0.3, -0.25) is 4.79 Å². The second-order valence-corrected chi connectivity index (χ2v) is 6.57. The van der Waals surface area contributed by atoms with E-state index < -0.39 is 17.7 Å². The van der Waals surface area contributed by atoms with E-state index in [9.17, 15) is 4.79 Å². The van der Waals surface area contributed by atoms with E-state index in [1.54, 1.807) is 0 Å². The van der Waals surface area contributed by atoms with Gasteiger partial charge in [-0.15, -0.1) is 5.10 Å². The number of carbonyl (C=O) groups is 1. The summed E-state index contributed by atoms with van der Waals surface area (Å²) in [6.07, 6.45) is 0. The lowest BCUT2D eigenvalue weighted by atomic mass is 9.80. The predicted octanol–water partition coefficient (Wildman–Crippen LogP) is 3.18. The SMILES string of the molecule is CC(C)c1ccc(C(C(N)=O)[C@@H](c2ccccc2)c2nnc(N)o2)cc1. The fourth-order valence-corrected chi connectivity index (χ4v) is 3.12. The van der Waals surface area contributed by atoms with Crippen LogP contribution in [0.2, 0.25) is 0 Å². The van der Waals surface area contributed by atoms with Gasteiger partial charge in [0.15, 0.2) is 0 Å². The first kappa shape index (κ1) is 17.7. The molecule has 0 fully saturated rings. The third kappa shape index (κ3) is 3.59. The summed E-state index contributed by atoms with van der Waals surface area (Å²) < 4.78 is 5.46. The Morgan fingerprint density at radius 1 is 0.923 bits per heavy atom. The maximum Gasteiger partial charge on any atom is 0.312 e. The first-order valence-corrected chi connectivity index (χ1v) is 8.50. The molecule has 1 heterocycles. The summed E-state index contributed by atoms with van der Waals surface area (Å²) in [7, 11) is 0. The summed E-state index contributed by atoms with van der Waals surface area (Å²) in [4.78, 5) is 12.4. The summed E-state index contributed by atoms with van der Waals surface area (Å²) in [6, 6.07) is 17.3. The number of rotatable bonds is 6. The van der Waals surface area contributed by atoms with Crippen LogP contribution in [0.1, 0.15) is 54.2 Å². The molecular formula is C20H22N4O2. The monoisotopic (exact) mass is 350 g/mol. The quantitative estimate of drug-likeness (QED) is 0.710. The lowest BCUT2D eigenvalue weighted by Crippen LogP contribution is -2.28. The van der Waals surface area contributed by atoms with Gasteiger partial charge in [0.1, 0.15) is 0 Å². The molecule has 1 aromatic heterocycles. The maximum absolute atomic E-state index is 12.4. The number of carbonyl (C=O) groups excluding carboxylic acids is 1. The largest absolute Gasteiger partial charge is 0.408 e. The molecule has 0 aliphatic carbocycles. The molecule has 26 heavy (non-hydrogen) atoms. The Kier molecular flexibility index (Phi) is 5.02. The van der Waals surface area contributed by atoms with Crippen LogP contribution < -0.4 is 11.5 Å². The van der Waals surface area contributed by atoms with Crippen LogP contribution in [0.25, 0.3) is 0 Å². The van der Waals surface area contributed by atoms with E-state index in [-0.39, 0.29) is 11.9 Å². The fourth-order valence-electron chi connectivity index (χ4n) is 3.12. The molecule has 3 aromatic rings. The highest BCUT2D eigenvalue weighted by molar-refractivity contribution is 5.83. The molecule has 1 amide bonds. The summed E-state index contributed by atoms with van der Waals surface area (Å²) in [5, 5.41) is 7.76. The van der Waals surface area contributed by atoms with Crippen LogP contribution in [-0.4, -0.2) is 16.1 Å². The molecular weight excluding hydrogens is 328 g/mol. The van der Waals surface area contributed by atoms with Crippen LogP contribution in [0, 0.1) is 0 Å². The smallest absolute Gasteiger partial charge is 0.312 e. The number of primary amides is 1. The van der Waals surface area contributed by atoms with Crippen molar-refractivity contribution in [2.45, 2.75) is 31.6 Å². The molecule has 0 spiro atoms. The third-order valence-electron chi connectivity index (χ3n) is 4.48. The zero-order valence-electron chi connectivity index (χ0n) is 14.8. The fraction of sp³-hybridized carbons (Fsp3) is 0.250. The maximum atomic E-state index is 12.4. The Balaban J connectivity index is 2.10. The Labute approximate surface area is 152 Å². The standard InChI is InChI=1S/C20H22N4O2/c1-12(2)13-8-10-15(11-9-13)16(18(21)25)17(14-6-4-3-5-7-14)19-23-24-20(22)26-19/h3-12,16-17H,1-2H3,(H2,21,25)(H2,22,24)/t16?,17-/m1/s1. The Morgan fingerprint density at radius 2 is 1.54 bits per heavy atom. The number of hydrogen-bond acceptors (Lipinski definition) is 5. The van der Waals surface area contributed by atoms with Gasteiger partial charge in [0.25, 0.3) is 0 Å². The summed E-state index contributed by atoms with van der Waals surface area (Å²) in [5.41, 5.74) is 14.2. The van der Waals surface area contributed by atoms with E-state index in [4.69, 9.17) is 15.9 Å². The highest BCUT2D eigenvalue weighted by Gasteiger charge is 2.34. The number of benzene rings is 2. The van der Waals surface area contributed by atoms with Gasteiger partial charge < -0.3 is 15.9 Å². The van der Waals surface area contributed by atoms with Crippen LogP contribution in [0.15, 0.2) is 59.0 Å². The number of aromatic nitrogens is 2. The molecule has 134 valence electrons. The minimum Gasteiger partial charge on any atom is -0.408 e. The average Bonchev–Trinajstić information content (AvgIpc) is 3.06. The molecule has 0 saturated heterocycles. The Hall–Kier alpha value is -3.15. The molecule has 0 aliphatic rings. The van der Waals surface area contributed by atoms with E-state index in [1.165, 1.54) is 5.56 Å². The molecule has 3 rings (SSSR count). The van der Waals surface area contributed by atoms with Gasteiger partial charge in [-0.05, 0) is 22.6 Å². The molecule has 1 unspecified atom stereocenters. The van der Waals surface area contributed by atoms with Gasteiger partial charge in [-0.25, -0.2) is 0 Å². The highest BCUT2D eigenvalue weighted by atomic mass is 16.4. The lowest BCUT2D eigenvalue weighted by molar-refractivity contribution is -0.119. The van der Waals surface area contributed by atoms with Crippen molar-refractivity contribution in [3.63, 3.8) is 0 Å². The van der Waals surface area contributed by atoms with Gasteiger partial charge in [0.05, 0.1) is 11.8 Å². The van der Waals surface area contributed by atoms with E-state index >= 15 is 0 Å². The van der Waals surface area contributed by atoms with Crippen molar-refractivity contribution in [2.75, 3.05) is 5.73 Å². The van der Waals surface area contributed by atoms with E-state index in [0.717, 1.165) is 11.1 Å². The van der Waals surface area contributed by atoms with E-state index in [0.29, 0.717) is 5.92 Å². The minimum atomic E-state index is -0.654. The summed E-state index contributed by atoms with van der Waals surface area (Å²) in [6.45, 7) is 4.24. The molecule has 0 bridgehead atoms. The molecule has 6 heteroatoms. The molecule has 4 N–H and O–H groups in total. The van der Waals surface area contributed by atoms with Gasteiger partial charge in [0.2, 0.25) is 11.8 Å². The Bertz CT molecular complexity index is 872. The molecule has 0 saturated carbocycles. The molecule has 0 aliphatic heterocycles. The van der Waals surface area contributed by atoms with Gasteiger partial charge in [0, 0.05) is 0 Å². The number of hydrogen-bond donors (Lipinski definition) is 2. The third-order valence-corrected chi connectivity index (χ3v) is 4.48. The van der Waals surface area contributed by atoms with Crippen molar-refractivity contribution in [1.29, 1.82) is 0 Å². The zero-order chi connectivity index (χ0) is 18.7. The van der Waals surface area contributed by atoms with Crippen molar-refractivity contribution >= 4 is 11.9 Å². The van der Waals surface area contributed by atoms with E-state index in [2.05, 4.69) is 24.0 Å². The number of nitrogen functional groups attached to an aromatic ring is 1. The van der Waals surface area contributed by atoms with Crippen LogP contribution in [0.4, 0.5) is 6.01 Å². The second kappa shape index (κ2) is 7.39. The first-order chi connectivity index (χ1) is 12.5. The highest BCUT2D eigenvalue weighted by Crippen LogP contribution is 2.38. The molecule has 0 radical (unpaired) electrons. The van der Waals surface area contributed by atoms with Gasteiger partial charge >= 0.3 is 6.01 Å². The zero-order valence-corrected chi connectivity index (χ0v) is 14.8. The first-order valence-electron chi connectivity index (χ1n) is 8.50. The molecule has 6 nitrogen and oxygen atoms in total. The Morgan fingerprint density at radius 3 is 2.04 bits per heavy atom. The van der Waals surface area contributed by atoms with Crippen LogP contribution >= 0.6 is 0 Å². The van der Waals surface area contributed by atoms with Crippen molar-refractivity contribution in [1.82, 2.24) is 10.2 Å². The van der Waals surface area contributed by atoms with Crippen molar-refractivity contribution in [3.05, 3.63) is 77.2 Å². The van der Waals surface area contributed by atoms with Crippen LogP contribution in [0.3, 0.4) is 0 Å². The molecule has 2 aromatic carbocycles. The lowest BCUT2D eigenvalue weighted by Gasteiger charge is -2.23. The van der Waals surface area contributed by atoms with Gasteiger partial charge in [-0.1, -0.05) is 73.5 Å². The van der Waals surface area contributed by atoms with Gasteiger partial charge in [-0.2, -0.15) is 0 Å². The number of nitrogens with zero attached hydrogens (tertiary/aromatic N) is 2. The van der Waals surface area contributed by atoms with Crippen LogP contribution in [-0.2, 0) is 4.79 Å². The van der Waals surface area contributed by atoms with E-state index in [1.807, 2.05) is 54.6 Å². The van der Waals surface area contributed by atoms with Crippen molar-refractivity contribution in [2.24, 2.45) is 5.73 Å². The van der Waals surface area contributed by atoms with Crippen LogP contribution in [0.5, 0.6) is 0 Å². The second-order valence-electron chi connectivity index (χ2n) is 6.57. The van der Waals surface area contributed by atoms with Crippen molar-refractivity contribution in [3.8, 4) is 0 Å². The summed E-state index contributed by atoms with van der Waals surface area (Å²) in [5.74, 6) is -0.961. The summed E-state index contributed by atoms with van der Waals surface area (Å²) >= 11 is 0. The molecule has 2 atom stereocenters. The van der Waals surface area contributed by atoms with Crippen molar-refractivity contribution < 1.29 is 9.21 Å². The number of amides is 1. The topological polar surface area (TPSA) is 108 Å². The number of nitrogens with two attached hydrogens (primary N) is 2. The average molecular weight is 350 g/mol. The normalized spacial score (nSPS) is 13.5.